The average Bonchev–Trinajstić information content (AvgIpc) is 2.46. The Labute approximate surface area is 153 Å². The Hall–Kier alpha value is -1.26. The Morgan fingerprint density at radius 2 is 1.20 bits per heavy atom. The molecule has 0 aromatic rings. The molecule has 0 radical (unpaired) electrons. The molecule has 0 unspecified atom stereocenters. The highest BCUT2D eigenvalue weighted by molar-refractivity contribution is 6.84. The predicted molar refractivity (Wildman–Crippen MR) is 102 cm³/mol. The van der Waals surface area contributed by atoms with Gasteiger partial charge in [-0.2, -0.15) is 0 Å². The molecule has 25 heavy (non-hydrogen) atoms. The topological polar surface area (TPSA) is 78.9 Å². The minimum atomic E-state index is -1.87. The summed E-state index contributed by atoms with van der Waals surface area (Å²) in [6.07, 6.45) is 1.47. The van der Waals surface area contributed by atoms with E-state index in [9.17, 15) is 14.4 Å². The van der Waals surface area contributed by atoms with Gasteiger partial charge in [0.05, 0.1) is 13.2 Å². The molecular weight excluding hydrogens is 356 g/mol. The van der Waals surface area contributed by atoms with Crippen molar-refractivity contribution in [1.29, 1.82) is 0 Å². The number of hydrogen-bond acceptors (Lipinski definition) is 6. The van der Waals surface area contributed by atoms with Crippen molar-refractivity contribution in [2.24, 2.45) is 0 Å². The van der Waals surface area contributed by atoms with E-state index in [-0.39, 0.29) is 12.6 Å². The molecule has 0 saturated heterocycles. The fraction of sp³-hybridized carbons (Fsp3) is 0.706. The molecule has 0 spiro atoms. The molecule has 0 aliphatic heterocycles. The van der Waals surface area contributed by atoms with Crippen LogP contribution in [-0.2, 0) is 28.0 Å². The van der Waals surface area contributed by atoms with Gasteiger partial charge in [0, 0.05) is 12.5 Å². The SMILES string of the molecule is C=C(C)C(=O)OCCC[Si](C)(C)O[Si](C)(C)CCCOC(=O)C(C)=O. The highest BCUT2D eigenvalue weighted by atomic mass is 28.4. The van der Waals surface area contributed by atoms with E-state index in [0.29, 0.717) is 18.6 Å². The summed E-state index contributed by atoms with van der Waals surface area (Å²) in [6, 6.07) is 1.77. The number of ether oxygens (including phenoxy) is 2. The van der Waals surface area contributed by atoms with E-state index >= 15 is 0 Å². The van der Waals surface area contributed by atoms with Gasteiger partial charge in [0.25, 0.3) is 0 Å². The zero-order chi connectivity index (χ0) is 19.7. The first kappa shape index (κ1) is 23.7. The molecule has 0 bridgehead atoms. The van der Waals surface area contributed by atoms with Crippen molar-refractivity contribution in [2.45, 2.75) is 65.0 Å². The standard InChI is InChI=1S/C17H32O6Si2/c1-14(2)16(19)21-10-8-12-24(4,5)23-25(6,7)13-9-11-22-17(20)15(3)18/h1,8-13H2,2-7H3. The summed E-state index contributed by atoms with van der Waals surface area (Å²) in [6.45, 7) is 15.6. The molecule has 0 heterocycles. The largest absolute Gasteiger partial charge is 0.462 e. The van der Waals surface area contributed by atoms with Crippen LogP contribution >= 0.6 is 0 Å². The molecule has 0 fully saturated rings. The second-order valence-electron chi connectivity index (χ2n) is 7.44. The lowest BCUT2D eigenvalue weighted by atomic mass is 10.4. The van der Waals surface area contributed by atoms with Crippen LogP contribution in [0.4, 0.5) is 0 Å². The molecule has 0 N–H and O–H groups in total. The molecule has 0 amide bonds. The van der Waals surface area contributed by atoms with Crippen LogP contribution in [0.3, 0.4) is 0 Å². The predicted octanol–water partition coefficient (Wildman–Crippen LogP) is 3.44. The van der Waals surface area contributed by atoms with Gasteiger partial charge in [-0.25, -0.2) is 9.59 Å². The zero-order valence-electron chi connectivity index (χ0n) is 16.4. The summed E-state index contributed by atoms with van der Waals surface area (Å²) in [5, 5.41) is 0. The van der Waals surface area contributed by atoms with Crippen LogP contribution in [0.2, 0.25) is 38.3 Å². The first-order valence-electron chi connectivity index (χ1n) is 8.57. The quantitative estimate of drug-likeness (QED) is 0.167. The minimum Gasteiger partial charge on any atom is -0.462 e. The number of Topliss-reactive ketones (excluding diaryl/α,β-unsaturated/α-hetero) is 1. The van der Waals surface area contributed by atoms with Crippen molar-refractivity contribution in [3.05, 3.63) is 12.2 Å². The van der Waals surface area contributed by atoms with Crippen molar-refractivity contribution in [3.63, 3.8) is 0 Å². The molecule has 0 atom stereocenters. The summed E-state index contributed by atoms with van der Waals surface area (Å²) >= 11 is 0. The number of hydrogen-bond donors (Lipinski definition) is 0. The van der Waals surface area contributed by atoms with Crippen molar-refractivity contribution in [1.82, 2.24) is 0 Å². The Kier molecular flexibility index (Phi) is 10.1. The Balaban J connectivity index is 4.14. The minimum absolute atomic E-state index is 0.247. The lowest BCUT2D eigenvalue weighted by Crippen LogP contribution is -2.44. The molecule has 0 saturated carbocycles. The highest BCUT2D eigenvalue weighted by Gasteiger charge is 2.32. The van der Waals surface area contributed by atoms with E-state index in [1.54, 1.807) is 6.92 Å². The van der Waals surface area contributed by atoms with Crippen molar-refractivity contribution in [3.8, 4) is 0 Å². The van der Waals surface area contributed by atoms with E-state index in [4.69, 9.17) is 13.6 Å². The van der Waals surface area contributed by atoms with E-state index in [2.05, 4.69) is 32.8 Å². The van der Waals surface area contributed by atoms with Crippen molar-refractivity contribution < 1.29 is 28.0 Å². The molecule has 0 rings (SSSR count). The number of carbonyl (C=O) groups excluding carboxylic acids is 3. The fourth-order valence-electron chi connectivity index (χ4n) is 2.40. The molecule has 144 valence electrons. The summed E-state index contributed by atoms with van der Waals surface area (Å²) in [5.41, 5.74) is 0.409. The molecule has 0 aromatic heterocycles. The molecule has 0 aliphatic rings. The van der Waals surface area contributed by atoms with Gasteiger partial charge < -0.3 is 13.6 Å². The second kappa shape index (κ2) is 10.7. The van der Waals surface area contributed by atoms with Crippen LogP contribution in [0.25, 0.3) is 0 Å². The van der Waals surface area contributed by atoms with Crippen molar-refractivity contribution in [2.75, 3.05) is 13.2 Å². The van der Waals surface area contributed by atoms with Crippen LogP contribution < -0.4 is 0 Å². The third-order valence-corrected chi connectivity index (χ3v) is 11.0. The van der Waals surface area contributed by atoms with Gasteiger partial charge in [-0.1, -0.05) is 6.58 Å². The maximum Gasteiger partial charge on any atom is 0.374 e. The van der Waals surface area contributed by atoms with E-state index in [0.717, 1.165) is 18.5 Å². The third kappa shape index (κ3) is 11.8. The molecular formula is C17H32O6Si2. The Morgan fingerprint density at radius 1 is 0.800 bits per heavy atom. The second-order valence-corrected chi connectivity index (χ2v) is 16.3. The average molecular weight is 389 g/mol. The highest BCUT2D eigenvalue weighted by Crippen LogP contribution is 2.23. The van der Waals surface area contributed by atoms with Gasteiger partial charge in [0.1, 0.15) is 0 Å². The van der Waals surface area contributed by atoms with E-state index < -0.39 is 28.4 Å². The number of esters is 2. The maximum absolute atomic E-state index is 11.3. The molecule has 0 aromatic carbocycles. The molecule has 0 aliphatic carbocycles. The number of rotatable bonds is 12. The Morgan fingerprint density at radius 3 is 1.56 bits per heavy atom. The monoisotopic (exact) mass is 388 g/mol. The van der Waals surface area contributed by atoms with Gasteiger partial charge in [0.2, 0.25) is 5.78 Å². The third-order valence-electron chi connectivity index (χ3n) is 3.50. The lowest BCUT2D eigenvalue weighted by molar-refractivity contribution is -0.152. The fourth-order valence-corrected chi connectivity index (χ4v) is 11.2. The number of carbonyl (C=O) groups is 3. The summed E-state index contributed by atoms with van der Waals surface area (Å²) in [5.74, 6) is -1.71. The van der Waals surface area contributed by atoms with E-state index in [1.165, 1.54) is 6.92 Å². The van der Waals surface area contributed by atoms with Gasteiger partial charge in [-0.15, -0.1) is 0 Å². The van der Waals surface area contributed by atoms with Crippen molar-refractivity contribution >= 4 is 34.4 Å². The van der Waals surface area contributed by atoms with Crippen LogP contribution in [0.5, 0.6) is 0 Å². The van der Waals surface area contributed by atoms with Gasteiger partial charge in [0.15, 0.2) is 16.6 Å². The van der Waals surface area contributed by atoms with Crippen LogP contribution in [0, 0.1) is 0 Å². The van der Waals surface area contributed by atoms with E-state index in [1.807, 2.05) is 0 Å². The summed E-state index contributed by atoms with van der Waals surface area (Å²) < 4.78 is 16.4. The smallest absolute Gasteiger partial charge is 0.374 e. The first-order chi connectivity index (χ1) is 11.4. The van der Waals surface area contributed by atoms with Crippen LogP contribution in [0.15, 0.2) is 12.2 Å². The Bertz CT molecular complexity index is 455. The number of ketones is 1. The van der Waals surface area contributed by atoms with Crippen LogP contribution in [0.1, 0.15) is 26.7 Å². The first-order valence-corrected chi connectivity index (χ1v) is 14.8. The normalized spacial score (nSPS) is 11.8. The van der Waals surface area contributed by atoms with Gasteiger partial charge in [-0.05, 0) is 58.0 Å². The summed E-state index contributed by atoms with van der Waals surface area (Å²) in [7, 11) is -3.73. The summed E-state index contributed by atoms with van der Waals surface area (Å²) in [4.78, 5) is 33.3. The molecule has 6 nitrogen and oxygen atoms in total. The van der Waals surface area contributed by atoms with Gasteiger partial charge in [-0.3, -0.25) is 4.79 Å². The van der Waals surface area contributed by atoms with Gasteiger partial charge >= 0.3 is 11.9 Å². The maximum atomic E-state index is 11.3. The zero-order valence-corrected chi connectivity index (χ0v) is 18.4. The molecule has 8 heteroatoms. The van der Waals surface area contributed by atoms with Crippen LogP contribution in [-0.4, -0.2) is 47.6 Å². The lowest BCUT2D eigenvalue weighted by Gasteiger charge is -2.34.